The maximum atomic E-state index is 12.6. The average molecular weight is 366 g/mol. The van der Waals surface area contributed by atoms with Gasteiger partial charge in [-0.25, -0.2) is 13.1 Å². The highest BCUT2D eigenvalue weighted by Gasteiger charge is 2.41. The van der Waals surface area contributed by atoms with E-state index in [4.69, 9.17) is 4.74 Å². The third-order valence-corrected chi connectivity index (χ3v) is 6.68. The summed E-state index contributed by atoms with van der Waals surface area (Å²) in [4.78, 5) is 14.7. The normalized spacial score (nSPS) is 24.0. The molecule has 1 spiro atoms. The lowest BCUT2D eigenvalue weighted by molar-refractivity contribution is -0.130. The van der Waals surface area contributed by atoms with Gasteiger partial charge >= 0.3 is 0 Å². The third-order valence-electron chi connectivity index (χ3n) is 5.12. The SMILES string of the molecule is CCNS(=O)(=O)c1ccc(CC(=O)N2CCC3(CCCOC3)C2)cc1. The van der Waals surface area contributed by atoms with E-state index in [2.05, 4.69) is 4.72 Å². The van der Waals surface area contributed by atoms with Crippen molar-refractivity contribution in [1.29, 1.82) is 0 Å². The number of carbonyl (C=O) groups excluding carboxylic acids is 1. The lowest BCUT2D eigenvalue weighted by Crippen LogP contribution is -2.37. The van der Waals surface area contributed by atoms with Crippen molar-refractivity contribution in [3.63, 3.8) is 0 Å². The number of ether oxygens (including phenoxy) is 1. The van der Waals surface area contributed by atoms with Crippen molar-refractivity contribution in [2.45, 2.75) is 37.5 Å². The van der Waals surface area contributed by atoms with Crippen LogP contribution in [0.5, 0.6) is 0 Å². The van der Waals surface area contributed by atoms with E-state index in [9.17, 15) is 13.2 Å². The minimum atomic E-state index is -3.45. The van der Waals surface area contributed by atoms with Crippen molar-refractivity contribution < 1.29 is 17.9 Å². The Labute approximate surface area is 149 Å². The number of hydrogen-bond donors (Lipinski definition) is 1. The molecular weight excluding hydrogens is 340 g/mol. The van der Waals surface area contributed by atoms with Crippen LogP contribution in [0.4, 0.5) is 0 Å². The van der Waals surface area contributed by atoms with Crippen LogP contribution in [0.1, 0.15) is 31.7 Å². The Morgan fingerprint density at radius 1 is 1.28 bits per heavy atom. The fourth-order valence-corrected chi connectivity index (χ4v) is 4.77. The molecule has 0 radical (unpaired) electrons. The summed E-state index contributed by atoms with van der Waals surface area (Å²) in [5, 5.41) is 0. The maximum Gasteiger partial charge on any atom is 0.240 e. The van der Waals surface area contributed by atoms with Gasteiger partial charge in [0, 0.05) is 31.7 Å². The highest BCUT2D eigenvalue weighted by Crippen LogP contribution is 2.38. The molecule has 0 bridgehead atoms. The standard InChI is InChI=1S/C18H26N2O4S/c1-2-19-25(22,23)16-6-4-15(5-7-16)12-17(21)20-10-9-18(13-20)8-3-11-24-14-18/h4-7,19H,2-3,8-14H2,1H3. The van der Waals surface area contributed by atoms with Gasteiger partial charge in [0.05, 0.1) is 17.9 Å². The molecule has 7 heteroatoms. The predicted molar refractivity (Wildman–Crippen MR) is 94.7 cm³/mol. The van der Waals surface area contributed by atoms with E-state index in [-0.39, 0.29) is 16.2 Å². The second-order valence-electron chi connectivity index (χ2n) is 7.04. The molecule has 0 aliphatic carbocycles. The Bertz CT molecular complexity index is 709. The molecule has 2 aliphatic rings. The Morgan fingerprint density at radius 2 is 2.04 bits per heavy atom. The highest BCUT2D eigenvalue weighted by atomic mass is 32.2. The van der Waals surface area contributed by atoms with Crippen molar-refractivity contribution in [2.75, 3.05) is 32.8 Å². The van der Waals surface area contributed by atoms with Crippen molar-refractivity contribution in [1.82, 2.24) is 9.62 Å². The van der Waals surface area contributed by atoms with Crippen LogP contribution in [0.2, 0.25) is 0 Å². The van der Waals surface area contributed by atoms with Gasteiger partial charge in [-0.3, -0.25) is 4.79 Å². The summed E-state index contributed by atoms with van der Waals surface area (Å²) in [7, 11) is -3.45. The van der Waals surface area contributed by atoms with E-state index in [1.165, 1.54) is 0 Å². The molecule has 0 saturated carbocycles. The quantitative estimate of drug-likeness (QED) is 0.858. The van der Waals surface area contributed by atoms with E-state index in [1.54, 1.807) is 31.2 Å². The lowest BCUT2D eigenvalue weighted by atomic mass is 9.82. The summed E-state index contributed by atoms with van der Waals surface area (Å²) in [6.45, 7) is 5.24. The smallest absolute Gasteiger partial charge is 0.240 e. The van der Waals surface area contributed by atoms with Gasteiger partial charge in [-0.1, -0.05) is 19.1 Å². The number of amides is 1. The number of carbonyl (C=O) groups is 1. The molecule has 6 nitrogen and oxygen atoms in total. The first-order valence-corrected chi connectivity index (χ1v) is 10.4. The van der Waals surface area contributed by atoms with Gasteiger partial charge in [0.1, 0.15) is 0 Å². The molecule has 2 heterocycles. The fourth-order valence-electron chi connectivity index (χ4n) is 3.73. The van der Waals surface area contributed by atoms with Crippen LogP contribution in [0.3, 0.4) is 0 Å². The highest BCUT2D eigenvalue weighted by molar-refractivity contribution is 7.89. The molecular formula is C18H26N2O4S. The monoisotopic (exact) mass is 366 g/mol. The van der Waals surface area contributed by atoms with Gasteiger partial charge in [0.2, 0.25) is 15.9 Å². The first-order valence-electron chi connectivity index (χ1n) is 8.88. The van der Waals surface area contributed by atoms with E-state index in [1.807, 2.05) is 4.90 Å². The molecule has 1 unspecified atom stereocenters. The first kappa shape index (κ1) is 18.4. The minimum absolute atomic E-state index is 0.102. The number of likely N-dealkylation sites (tertiary alicyclic amines) is 1. The molecule has 3 rings (SSSR count). The van der Waals surface area contributed by atoms with Crippen LogP contribution >= 0.6 is 0 Å². The minimum Gasteiger partial charge on any atom is -0.381 e. The molecule has 2 fully saturated rings. The van der Waals surface area contributed by atoms with Gasteiger partial charge in [0.25, 0.3) is 0 Å². The first-order chi connectivity index (χ1) is 11.9. The maximum absolute atomic E-state index is 12.6. The fraction of sp³-hybridized carbons (Fsp3) is 0.611. The molecule has 2 aliphatic heterocycles. The zero-order valence-electron chi connectivity index (χ0n) is 14.7. The number of nitrogens with one attached hydrogen (secondary N) is 1. The number of sulfonamides is 1. The van der Waals surface area contributed by atoms with E-state index < -0.39 is 10.0 Å². The van der Waals surface area contributed by atoms with Gasteiger partial charge in [-0.05, 0) is 37.0 Å². The molecule has 25 heavy (non-hydrogen) atoms. The summed E-state index contributed by atoms with van der Waals surface area (Å²) >= 11 is 0. The van der Waals surface area contributed by atoms with Crippen LogP contribution in [0.25, 0.3) is 0 Å². The zero-order valence-corrected chi connectivity index (χ0v) is 15.5. The number of benzene rings is 1. The Balaban J connectivity index is 1.60. The molecule has 1 aromatic rings. The van der Waals surface area contributed by atoms with Gasteiger partial charge in [-0.2, -0.15) is 0 Å². The van der Waals surface area contributed by atoms with Crippen LogP contribution in [0, 0.1) is 5.41 Å². The molecule has 1 atom stereocenters. The number of hydrogen-bond acceptors (Lipinski definition) is 4. The topological polar surface area (TPSA) is 75.7 Å². The van der Waals surface area contributed by atoms with Crippen molar-refractivity contribution in [3.8, 4) is 0 Å². The summed E-state index contributed by atoms with van der Waals surface area (Å²) in [5.41, 5.74) is 0.985. The Kier molecular flexibility index (Phi) is 5.46. The van der Waals surface area contributed by atoms with E-state index >= 15 is 0 Å². The molecule has 2 saturated heterocycles. The summed E-state index contributed by atoms with van der Waals surface area (Å²) < 4.78 is 32.0. The van der Waals surface area contributed by atoms with E-state index in [0.29, 0.717) is 13.0 Å². The van der Waals surface area contributed by atoms with Gasteiger partial charge in [0.15, 0.2) is 0 Å². The second-order valence-corrected chi connectivity index (χ2v) is 8.81. The largest absolute Gasteiger partial charge is 0.381 e. The van der Waals surface area contributed by atoms with Crippen LogP contribution in [-0.4, -0.2) is 52.1 Å². The Hall–Kier alpha value is -1.44. The molecule has 1 aromatic carbocycles. The summed E-state index contributed by atoms with van der Waals surface area (Å²) in [6.07, 6.45) is 3.52. The predicted octanol–water partition coefficient (Wildman–Crippen LogP) is 1.56. The Morgan fingerprint density at radius 3 is 2.68 bits per heavy atom. The van der Waals surface area contributed by atoms with Crippen molar-refractivity contribution >= 4 is 15.9 Å². The van der Waals surface area contributed by atoms with Gasteiger partial charge in [-0.15, -0.1) is 0 Å². The lowest BCUT2D eigenvalue weighted by Gasteiger charge is -2.33. The van der Waals surface area contributed by atoms with Gasteiger partial charge < -0.3 is 9.64 Å². The summed E-state index contributed by atoms with van der Waals surface area (Å²) in [5.74, 6) is 0.102. The summed E-state index contributed by atoms with van der Waals surface area (Å²) in [6, 6.07) is 6.55. The van der Waals surface area contributed by atoms with Crippen molar-refractivity contribution in [3.05, 3.63) is 29.8 Å². The van der Waals surface area contributed by atoms with Crippen molar-refractivity contribution in [2.24, 2.45) is 5.41 Å². The van der Waals surface area contributed by atoms with Crippen LogP contribution < -0.4 is 4.72 Å². The molecule has 0 aromatic heterocycles. The average Bonchev–Trinajstić information content (AvgIpc) is 2.99. The van der Waals surface area contributed by atoms with Crippen LogP contribution in [-0.2, 0) is 26.0 Å². The third kappa shape index (κ3) is 4.22. The van der Waals surface area contributed by atoms with Crippen LogP contribution in [0.15, 0.2) is 29.2 Å². The van der Waals surface area contributed by atoms with E-state index in [0.717, 1.165) is 51.1 Å². The number of nitrogens with zero attached hydrogens (tertiary/aromatic N) is 1. The molecule has 1 N–H and O–H groups in total. The zero-order chi connectivity index (χ0) is 17.9. The molecule has 138 valence electrons. The number of rotatable bonds is 5. The second kappa shape index (κ2) is 7.43. The molecule has 1 amide bonds.